The number of ether oxygens (including phenoxy) is 3. The van der Waals surface area contributed by atoms with Gasteiger partial charge in [0.1, 0.15) is 57.2 Å². The van der Waals surface area contributed by atoms with Gasteiger partial charge < -0.3 is 69.5 Å². The molecule has 12 aromatic heterocycles. The van der Waals surface area contributed by atoms with Crippen LogP contribution in [0.15, 0.2) is 207 Å². The number of imidazole rings is 5. The van der Waals surface area contributed by atoms with Gasteiger partial charge in [-0.05, 0) is 204 Å². The van der Waals surface area contributed by atoms with Crippen molar-refractivity contribution in [2.24, 2.45) is 0 Å². The Morgan fingerprint density at radius 2 is 0.517 bits per heavy atom. The molecule has 20 rings (SSSR count). The lowest BCUT2D eigenvalue weighted by atomic mass is 10.2. The molecule has 0 bridgehead atoms. The molecule has 0 atom stereocenters. The summed E-state index contributed by atoms with van der Waals surface area (Å²) in [6.45, 7) is -0.864. The maximum Gasteiger partial charge on any atom is 0.416 e. The summed E-state index contributed by atoms with van der Waals surface area (Å²) in [5.41, 5.74) is 31.4. The van der Waals surface area contributed by atoms with Crippen LogP contribution in [0.4, 0.5) is 179 Å². The van der Waals surface area contributed by atoms with Gasteiger partial charge >= 0.3 is 32.2 Å². The Kier molecular flexibility index (Phi) is 29.2. The number of pyridine rings is 2. The van der Waals surface area contributed by atoms with Gasteiger partial charge in [-0.1, -0.05) is 18.2 Å². The fourth-order valence-corrected chi connectivity index (χ4v) is 14.4. The number of nitrogens with one attached hydrogen (secondary N) is 5. The smallest absolute Gasteiger partial charge is 0.416 e. The van der Waals surface area contributed by atoms with Crippen LogP contribution >= 0.6 is 0 Å². The zero-order chi connectivity index (χ0) is 107. The largest absolute Gasteiger partial charge is 0.435 e. The summed E-state index contributed by atoms with van der Waals surface area (Å²) in [4.78, 5) is 69.8. The summed E-state index contributed by atoms with van der Waals surface area (Å²) in [5, 5.41) is 13.2. The molecular weight excluding hydrogens is 2010 g/mol. The van der Waals surface area contributed by atoms with Crippen LogP contribution in [0, 0.1) is 87.0 Å². The van der Waals surface area contributed by atoms with E-state index < -0.39 is 131 Å². The topological polar surface area (TPSA) is 462 Å². The maximum atomic E-state index is 14.5. The predicted molar refractivity (Wildman–Crippen MR) is 503 cm³/mol. The number of anilines is 15. The van der Waals surface area contributed by atoms with Crippen molar-refractivity contribution in [2.75, 3.05) is 55.3 Å². The van der Waals surface area contributed by atoms with E-state index in [1.54, 1.807) is 98.6 Å². The third-order valence-electron chi connectivity index (χ3n) is 21.0. The predicted octanol–water partition coefficient (Wildman–Crippen LogP) is 21.1. The highest BCUT2D eigenvalue weighted by molar-refractivity contribution is 5.82. The molecule has 0 aliphatic rings. The third-order valence-corrected chi connectivity index (χ3v) is 21.0. The van der Waals surface area contributed by atoms with Crippen molar-refractivity contribution >= 4 is 142 Å². The summed E-state index contributed by atoms with van der Waals surface area (Å²) in [6, 6.07) is 41.9. The minimum Gasteiger partial charge on any atom is -0.435 e. The van der Waals surface area contributed by atoms with Gasteiger partial charge in [0.15, 0.2) is 98.5 Å². The number of rotatable bonds is 21. The van der Waals surface area contributed by atoms with Crippen LogP contribution in [0.1, 0.15) is 40.2 Å². The first-order chi connectivity index (χ1) is 70.9. The molecule has 0 saturated heterocycles. The van der Waals surface area contributed by atoms with E-state index in [1.165, 1.54) is 117 Å². The quantitative estimate of drug-likeness (QED) is 0.0299. The lowest BCUT2D eigenvalue weighted by Crippen LogP contribution is -2.11. The van der Waals surface area contributed by atoms with Gasteiger partial charge in [-0.15, -0.1) is 0 Å². The van der Waals surface area contributed by atoms with Crippen LogP contribution in [0.3, 0.4) is 0 Å². The van der Waals surface area contributed by atoms with Gasteiger partial charge in [0.25, 0.3) is 0 Å². The first kappa shape index (κ1) is 103. The first-order valence-corrected chi connectivity index (χ1v) is 42.6. The fraction of sp³-hybridized carbons (Fsp3) is 0.108. The average Bonchev–Trinajstić information content (AvgIpc) is 1.66. The lowest BCUT2D eigenvalue weighted by molar-refractivity contribution is -0.138. The number of nitrogens with two attached hydrogens (primary N) is 5. The summed E-state index contributed by atoms with van der Waals surface area (Å²) in [6.07, 6.45) is -5.78. The van der Waals surface area contributed by atoms with Crippen LogP contribution in [0.5, 0.6) is 17.2 Å². The Labute approximate surface area is 820 Å². The van der Waals surface area contributed by atoms with Crippen molar-refractivity contribution in [2.45, 2.75) is 66.8 Å². The number of hydrogen-bond acceptors (Lipinski definition) is 30. The normalized spacial score (nSPS) is 11.5. The second-order valence-corrected chi connectivity index (χ2v) is 30.9. The molecule has 0 spiro atoms. The van der Waals surface area contributed by atoms with E-state index in [4.69, 9.17) is 28.7 Å². The molecule has 8 aromatic carbocycles. The number of nitrogens with zero attached hydrogens (tertiary/aromatic N) is 22. The Hall–Kier alpha value is -19.3. The molecule has 0 saturated carbocycles. The molecule has 149 heavy (non-hydrogen) atoms. The van der Waals surface area contributed by atoms with E-state index in [2.05, 4.69) is 126 Å². The molecule has 0 aliphatic carbocycles. The van der Waals surface area contributed by atoms with Crippen molar-refractivity contribution in [3.05, 3.63) is 299 Å². The van der Waals surface area contributed by atoms with Gasteiger partial charge in [-0.3, -0.25) is 22.8 Å². The number of para-hydroxylation sites is 3. The van der Waals surface area contributed by atoms with Crippen LogP contribution in [-0.2, 0) is 12.4 Å². The third kappa shape index (κ3) is 22.7. The van der Waals surface area contributed by atoms with Crippen LogP contribution in [0.25, 0.3) is 85.2 Å². The van der Waals surface area contributed by atoms with Crippen LogP contribution in [-0.4, -0.2) is 127 Å². The number of fused-ring (bicyclic) bond motifs is 5. The van der Waals surface area contributed by atoms with E-state index >= 15 is 0 Å². The van der Waals surface area contributed by atoms with Crippen molar-refractivity contribution < 1.29 is 106 Å². The lowest BCUT2D eigenvalue weighted by Gasteiger charge is -2.12. The summed E-state index contributed by atoms with van der Waals surface area (Å²) in [5.74, 6) is -9.83. The van der Waals surface area contributed by atoms with Gasteiger partial charge in [0.05, 0.1) is 38.7 Å². The molecule has 0 fully saturated rings. The number of hydrogen-bond donors (Lipinski definition) is 10. The number of alkyl halides is 12. The summed E-state index contributed by atoms with van der Waals surface area (Å²) < 4.78 is 298. The zero-order valence-corrected chi connectivity index (χ0v) is 76.2. The van der Waals surface area contributed by atoms with E-state index in [0.29, 0.717) is 79.4 Å². The fourth-order valence-electron chi connectivity index (χ4n) is 14.4. The molecule has 0 unspecified atom stereocenters. The van der Waals surface area contributed by atoms with E-state index in [0.717, 1.165) is 48.5 Å². The number of nitrogen functional groups attached to an aromatic ring is 5. The first-order valence-electron chi connectivity index (χ1n) is 42.6. The maximum absolute atomic E-state index is 14.5. The molecular formula is C93H67F21N32O3. The summed E-state index contributed by atoms with van der Waals surface area (Å²) in [7, 11) is 0. The molecule has 0 aliphatic heterocycles. The zero-order valence-electron chi connectivity index (χ0n) is 76.2. The highest BCUT2D eigenvalue weighted by Crippen LogP contribution is 2.39. The molecule has 764 valence electrons. The van der Waals surface area contributed by atoms with Crippen LogP contribution in [0.2, 0.25) is 0 Å². The Morgan fingerprint density at radius 3 is 0.785 bits per heavy atom. The van der Waals surface area contributed by atoms with Crippen molar-refractivity contribution in [1.29, 1.82) is 0 Å². The van der Waals surface area contributed by atoms with E-state index in [1.807, 2.05) is 0 Å². The Balaban J connectivity index is 0.000000133. The van der Waals surface area contributed by atoms with E-state index in [9.17, 15) is 92.2 Å². The molecule has 56 heteroatoms. The van der Waals surface area contributed by atoms with Gasteiger partial charge in [0, 0.05) is 46.9 Å². The van der Waals surface area contributed by atoms with Gasteiger partial charge in [0.2, 0.25) is 58.8 Å². The molecule has 35 nitrogen and oxygen atoms in total. The number of benzene rings is 8. The second-order valence-electron chi connectivity index (χ2n) is 30.9. The minimum absolute atomic E-state index is 0.0136. The molecule has 12 heterocycles. The van der Waals surface area contributed by atoms with Gasteiger partial charge in [-0.2, -0.15) is 124 Å². The van der Waals surface area contributed by atoms with Crippen molar-refractivity contribution in [3.8, 4) is 47.0 Å². The highest BCUT2D eigenvalue weighted by atomic mass is 19.4. The minimum atomic E-state index is -4.49. The molecule has 0 amide bonds. The Morgan fingerprint density at radius 1 is 0.268 bits per heavy atom. The van der Waals surface area contributed by atoms with Crippen LogP contribution < -0.4 is 69.5 Å². The second kappa shape index (κ2) is 42.3. The number of aromatic nitrogens is 22. The summed E-state index contributed by atoms with van der Waals surface area (Å²) >= 11 is 0. The Bertz CT molecular complexity index is 8390. The number of aryl methyl sites for hydroxylation is 5. The molecule has 15 N–H and O–H groups in total. The average molecular weight is 2080 g/mol. The highest BCUT2D eigenvalue weighted by Gasteiger charge is 2.33. The monoisotopic (exact) mass is 2080 g/mol. The molecule has 20 aromatic rings. The van der Waals surface area contributed by atoms with Crippen molar-refractivity contribution in [1.82, 2.24) is 108 Å². The standard InChI is InChI=1S/C19H13F5N6O.C19H13F5N6.C19H14F4N6O.C18H13F4N7.C18H14F3N7O/c1-8-26-15-10(20)3-2-4-12(15)30(8)19-28-16(25)14(22)17(29-19)27-9-5-6-13(11(21)7-9)31-18(23)24;1-9-26-15-12(20)3-2-4-13(15)30(9)18-28-16(25)14(21)17(29-18)27-11-7-5-10(6-8-11)19(22,23)24;1-9-25-15-12(20)3-2-4-13(15)29(9)19-27-16(24)14(21)17(28-19)26-10-5-7-11(8-6-10)30-18(22)23;1-9-25-15-12(3-2-8-24-15)29(9)17-27-14(23)13(19)16(28-17)26-11-6-4-10(5-7-11)18(20,21)22;1-9-24-15-12(3-2-8-23-15)28(9)18-26-14(22)13(19)16(27-18)25-10-4-6-11(7-5-10)29-17(20)21/h2-7,18H,1H3,(H3,25,27,28,29);2-8H,1H3,(H3,25,27,28,29);2-8,18H,1H3,(H3,24,26,27,28);2-8H,1H3,(H3,23,26,27,28);2-8,17H,1H3,(H3,22,25,26,27). The van der Waals surface area contributed by atoms with E-state index in [-0.39, 0.29) is 104 Å². The molecule has 0 radical (unpaired) electrons. The van der Waals surface area contributed by atoms with Crippen molar-refractivity contribution in [3.63, 3.8) is 0 Å². The van der Waals surface area contributed by atoms with Gasteiger partial charge in [-0.25, -0.2) is 52.4 Å². The SMILES string of the molecule is Cc1nc2c(F)cccc2n1-c1nc(N)c(F)c(Nc2ccc(C(F)(F)F)cc2)n1.Cc1nc2c(F)cccc2n1-c1nc(N)c(F)c(Nc2ccc(OC(F)F)c(F)c2)n1.Cc1nc2c(F)cccc2n1-c1nc(N)c(F)c(Nc2ccc(OC(F)F)cc2)n1.Cc1nc2ncccc2n1-c1nc(N)c(F)c(Nc2ccc(C(F)(F)F)cc2)n1.Cc1nc2ncccc2n1-c1nc(N)c(F)c(Nc2ccc(OC(F)F)cc2)n1. The number of halogens is 21.